The van der Waals surface area contributed by atoms with Crippen molar-refractivity contribution in [3.63, 3.8) is 0 Å². The molecule has 0 unspecified atom stereocenters. The molecular weight excluding hydrogens is 344 g/mol. The molecule has 0 heterocycles. The van der Waals surface area contributed by atoms with Crippen LogP contribution in [0.4, 0.5) is 0 Å². The maximum Gasteiger partial charge on any atom is 0.133 e. The molecule has 1 aromatic rings. The molecule has 0 aliphatic heterocycles. The Morgan fingerprint density at radius 1 is 1.29 bits per heavy atom. The van der Waals surface area contributed by atoms with E-state index in [9.17, 15) is 0 Å². The van der Waals surface area contributed by atoms with Gasteiger partial charge in [-0.15, -0.1) is 0 Å². The lowest BCUT2D eigenvalue weighted by Gasteiger charge is -2.25. The van der Waals surface area contributed by atoms with Crippen LogP contribution in [0.3, 0.4) is 0 Å². The molecule has 0 fully saturated rings. The number of hydrogen-bond donors (Lipinski definition) is 0. The molecule has 0 saturated heterocycles. The average Bonchev–Trinajstić information content (AvgIpc) is 2.27. The van der Waals surface area contributed by atoms with Gasteiger partial charge >= 0.3 is 0 Å². The minimum Gasteiger partial charge on any atom is -0.492 e. The first kappa shape index (κ1) is 15.0. The SMILES string of the molecule is CCCOc1ccc(C(C)(C)CCBr)cc1Br. The fourth-order valence-electron chi connectivity index (χ4n) is 1.63. The lowest BCUT2D eigenvalue weighted by Crippen LogP contribution is -2.17. The summed E-state index contributed by atoms with van der Waals surface area (Å²) in [4.78, 5) is 0. The van der Waals surface area contributed by atoms with E-state index in [1.807, 2.05) is 0 Å². The zero-order valence-electron chi connectivity index (χ0n) is 10.7. The number of hydrogen-bond acceptors (Lipinski definition) is 1. The molecule has 1 nitrogen and oxygen atoms in total. The van der Waals surface area contributed by atoms with Crippen LogP contribution in [-0.2, 0) is 5.41 Å². The molecule has 0 spiro atoms. The van der Waals surface area contributed by atoms with E-state index in [2.05, 4.69) is 70.8 Å². The summed E-state index contributed by atoms with van der Waals surface area (Å²) in [5, 5.41) is 1.02. The van der Waals surface area contributed by atoms with Crippen molar-refractivity contribution in [3.8, 4) is 5.75 Å². The summed E-state index contributed by atoms with van der Waals surface area (Å²) in [5.74, 6) is 0.935. The molecule has 1 rings (SSSR count). The van der Waals surface area contributed by atoms with E-state index in [4.69, 9.17) is 4.74 Å². The fourth-order valence-corrected chi connectivity index (χ4v) is 3.12. The van der Waals surface area contributed by atoms with Crippen LogP contribution in [0.25, 0.3) is 0 Å². The van der Waals surface area contributed by atoms with Gasteiger partial charge in [-0.1, -0.05) is 42.8 Å². The van der Waals surface area contributed by atoms with E-state index >= 15 is 0 Å². The molecule has 0 aliphatic rings. The lowest BCUT2D eigenvalue weighted by molar-refractivity contribution is 0.315. The van der Waals surface area contributed by atoms with Crippen LogP contribution >= 0.6 is 31.9 Å². The van der Waals surface area contributed by atoms with Gasteiger partial charge in [-0.05, 0) is 51.9 Å². The molecule has 0 radical (unpaired) electrons. The monoisotopic (exact) mass is 362 g/mol. The van der Waals surface area contributed by atoms with Gasteiger partial charge in [0.1, 0.15) is 5.75 Å². The highest BCUT2D eigenvalue weighted by Gasteiger charge is 2.20. The minimum absolute atomic E-state index is 0.190. The van der Waals surface area contributed by atoms with Crippen LogP contribution in [0, 0.1) is 0 Å². The summed E-state index contributed by atoms with van der Waals surface area (Å²) >= 11 is 7.10. The van der Waals surface area contributed by atoms with Crippen molar-refractivity contribution in [1.29, 1.82) is 0 Å². The topological polar surface area (TPSA) is 9.23 Å². The summed E-state index contributed by atoms with van der Waals surface area (Å²) in [6, 6.07) is 6.40. The highest BCUT2D eigenvalue weighted by Crippen LogP contribution is 2.33. The second kappa shape index (κ2) is 6.79. The van der Waals surface area contributed by atoms with Gasteiger partial charge in [-0.25, -0.2) is 0 Å². The van der Waals surface area contributed by atoms with Crippen molar-refractivity contribution in [2.24, 2.45) is 0 Å². The number of alkyl halides is 1. The van der Waals surface area contributed by atoms with Crippen LogP contribution in [-0.4, -0.2) is 11.9 Å². The van der Waals surface area contributed by atoms with Gasteiger partial charge in [0.15, 0.2) is 0 Å². The van der Waals surface area contributed by atoms with Gasteiger partial charge in [0.25, 0.3) is 0 Å². The van der Waals surface area contributed by atoms with Crippen LogP contribution in [0.15, 0.2) is 22.7 Å². The number of halogens is 2. The fraction of sp³-hybridized carbons (Fsp3) is 0.571. The Balaban J connectivity index is 2.88. The molecule has 96 valence electrons. The van der Waals surface area contributed by atoms with Crippen molar-refractivity contribution >= 4 is 31.9 Å². The molecule has 0 amide bonds. The van der Waals surface area contributed by atoms with Crippen LogP contribution in [0.1, 0.15) is 39.2 Å². The van der Waals surface area contributed by atoms with Gasteiger partial charge in [-0.2, -0.15) is 0 Å². The molecular formula is C14H20Br2O. The normalized spacial score (nSPS) is 11.6. The van der Waals surface area contributed by atoms with Crippen molar-refractivity contribution in [2.75, 3.05) is 11.9 Å². The molecule has 0 aromatic heterocycles. The molecule has 0 bridgehead atoms. The smallest absolute Gasteiger partial charge is 0.133 e. The Hall–Kier alpha value is -0.0200. The Morgan fingerprint density at radius 2 is 2.00 bits per heavy atom. The Morgan fingerprint density at radius 3 is 2.53 bits per heavy atom. The zero-order chi connectivity index (χ0) is 12.9. The molecule has 3 heteroatoms. The molecule has 0 saturated carbocycles. The van der Waals surface area contributed by atoms with Crippen LogP contribution in [0.5, 0.6) is 5.75 Å². The summed E-state index contributed by atoms with van der Waals surface area (Å²) in [6.07, 6.45) is 2.15. The van der Waals surface area contributed by atoms with E-state index in [0.717, 1.165) is 35.0 Å². The van der Waals surface area contributed by atoms with E-state index in [-0.39, 0.29) is 5.41 Å². The largest absolute Gasteiger partial charge is 0.492 e. The molecule has 0 N–H and O–H groups in total. The van der Waals surface area contributed by atoms with E-state index in [1.165, 1.54) is 5.56 Å². The third kappa shape index (κ3) is 4.29. The van der Waals surface area contributed by atoms with Gasteiger partial charge in [-0.3, -0.25) is 0 Å². The minimum atomic E-state index is 0.190. The summed E-state index contributed by atoms with van der Waals surface area (Å²) < 4.78 is 6.70. The first-order valence-electron chi connectivity index (χ1n) is 6.00. The molecule has 0 aliphatic carbocycles. The van der Waals surface area contributed by atoms with Gasteiger partial charge in [0.2, 0.25) is 0 Å². The summed E-state index contributed by atoms with van der Waals surface area (Å²) in [6.45, 7) is 7.41. The van der Waals surface area contributed by atoms with E-state index in [0.29, 0.717) is 0 Å². The first-order valence-corrected chi connectivity index (χ1v) is 7.91. The first-order chi connectivity index (χ1) is 8.01. The zero-order valence-corrected chi connectivity index (χ0v) is 13.9. The highest BCUT2D eigenvalue weighted by atomic mass is 79.9. The molecule has 1 aromatic carbocycles. The Labute approximate surface area is 121 Å². The summed E-state index contributed by atoms with van der Waals surface area (Å²) in [7, 11) is 0. The van der Waals surface area contributed by atoms with Gasteiger partial charge in [0.05, 0.1) is 11.1 Å². The number of rotatable bonds is 6. The van der Waals surface area contributed by atoms with Crippen LogP contribution < -0.4 is 4.74 Å². The Bertz CT molecular complexity index is 361. The lowest BCUT2D eigenvalue weighted by atomic mass is 9.82. The van der Waals surface area contributed by atoms with Gasteiger partial charge < -0.3 is 4.74 Å². The second-order valence-corrected chi connectivity index (χ2v) is 6.46. The maximum atomic E-state index is 5.66. The Kier molecular flexibility index (Phi) is 6.01. The molecule has 17 heavy (non-hydrogen) atoms. The molecule has 0 atom stereocenters. The average molecular weight is 364 g/mol. The maximum absolute atomic E-state index is 5.66. The second-order valence-electron chi connectivity index (χ2n) is 4.82. The van der Waals surface area contributed by atoms with Crippen molar-refractivity contribution in [3.05, 3.63) is 28.2 Å². The number of ether oxygens (including phenoxy) is 1. The van der Waals surface area contributed by atoms with Crippen LogP contribution in [0.2, 0.25) is 0 Å². The van der Waals surface area contributed by atoms with E-state index < -0.39 is 0 Å². The van der Waals surface area contributed by atoms with Crippen molar-refractivity contribution in [2.45, 2.75) is 39.0 Å². The quantitative estimate of drug-likeness (QED) is 0.623. The predicted octanol–water partition coefficient (Wildman–Crippen LogP) is 5.30. The summed E-state index contributed by atoms with van der Waals surface area (Å²) in [5.41, 5.74) is 1.53. The van der Waals surface area contributed by atoms with Crippen molar-refractivity contribution < 1.29 is 4.74 Å². The van der Waals surface area contributed by atoms with E-state index in [1.54, 1.807) is 0 Å². The predicted molar refractivity (Wildman–Crippen MR) is 81.4 cm³/mol. The third-order valence-corrected chi connectivity index (χ3v) is 3.91. The third-order valence-electron chi connectivity index (χ3n) is 2.89. The standard InChI is InChI=1S/C14H20Br2O/c1-4-9-17-13-6-5-11(10-12(13)16)14(2,3)7-8-15/h5-6,10H,4,7-9H2,1-3H3. The van der Waals surface area contributed by atoms with Crippen molar-refractivity contribution in [1.82, 2.24) is 0 Å². The number of benzene rings is 1. The highest BCUT2D eigenvalue weighted by molar-refractivity contribution is 9.10. The van der Waals surface area contributed by atoms with Gasteiger partial charge in [0, 0.05) is 5.33 Å².